The highest BCUT2D eigenvalue weighted by atomic mass is 15.2. The molecule has 19 heavy (non-hydrogen) atoms. The molecule has 1 N–H and O–H groups in total. The number of benzene rings is 1. The lowest BCUT2D eigenvalue weighted by atomic mass is 10.0. The third-order valence-electron chi connectivity index (χ3n) is 4.58. The van der Waals surface area contributed by atoms with E-state index in [0.29, 0.717) is 6.04 Å². The zero-order chi connectivity index (χ0) is 13.1. The summed E-state index contributed by atoms with van der Waals surface area (Å²) in [6.45, 7) is 5.95. The summed E-state index contributed by atoms with van der Waals surface area (Å²) in [6.07, 6.45) is 5.56. The van der Waals surface area contributed by atoms with Crippen LogP contribution in [0.1, 0.15) is 38.2 Å². The minimum absolute atomic E-state index is 0.702. The van der Waals surface area contributed by atoms with Crippen LogP contribution in [0.15, 0.2) is 30.3 Å². The van der Waals surface area contributed by atoms with Crippen LogP contribution in [-0.2, 0) is 6.54 Å². The van der Waals surface area contributed by atoms with Gasteiger partial charge in [0.05, 0.1) is 0 Å². The Morgan fingerprint density at radius 2 is 2.00 bits per heavy atom. The first-order valence-corrected chi connectivity index (χ1v) is 7.83. The van der Waals surface area contributed by atoms with Gasteiger partial charge < -0.3 is 5.32 Å². The molecule has 3 rings (SSSR count). The van der Waals surface area contributed by atoms with Crippen molar-refractivity contribution in [1.82, 2.24) is 10.2 Å². The van der Waals surface area contributed by atoms with Gasteiger partial charge in [-0.15, -0.1) is 0 Å². The van der Waals surface area contributed by atoms with Gasteiger partial charge in [-0.3, -0.25) is 4.90 Å². The second kappa shape index (κ2) is 6.06. The van der Waals surface area contributed by atoms with Crippen molar-refractivity contribution in [2.24, 2.45) is 5.92 Å². The van der Waals surface area contributed by atoms with Crippen LogP contribution in [0.3, 0.4) is 0 Å². The molecular formula is C17H26N2. The molecule has 104 valence electrons. The molecule has 1 saturated carbocycles. The van der Waals surface area contributed by atoms with E-state index in [1.54, 1.807) is 0 Å². The highest BCUT2D eigenvalue weighted by molar-refractivity contribution is 5.14. The molecule has 1 heterocycles. The first kappa shape index (κ1) is 13.1. The Bertz CT molecular complexity index is 386. The average molecular weight is 258 g/mol. The molecule has 0 radical (unpaired) electrons. The van der Waals surface area contributed by atoms with Crippen LogP contribution >= 0.6 is 0 Å². The Morgan fingerprint density at radius 3 is 2.74 bits per heavy atom. The molecule has 1 saturated heterocycles. The summed E-state index contributed by atoms with van der Waals surface area (Å²) in [6, 6.07) is 12.3. The molecule has 0 amide bonds. The van der Waals surface area contributed by atoms with E-state index in [2.05, 4.69) is 47.5 Å². The second-order valence-electron chi connectivity index (χ2n) is 6.35. The van der Waals surface area contributed by atoms with Gasteiger partial charge in [-0.05, 0) is 50.6 Å². The Kier molecular flexibility index (Phi) is 4.19. The fourth-order valence-electron chi connectivity index (χ4n) is 3.28. The number of rotatable bonds is 5. The third kappa shape index (κ3) is 3.80. The average Bonchev–Trinajstić information content (AvgIpc) is 3.24. The molecule has 1 aromatic carbocycles. The van der Waals surface area contributed by atoms with Crippen LogP contribution in [0.25, 0.3) is 0 Å². The van der Waals surface area contributed by atoms with Crippen molar-refractivity contribution < 1.29 is 0 Å². The molecule has 0 spiro atoms. The summed E-state index contributed by atoms with van der Waals surface area (Å²) < 4.78 is 0. The predicted octanol–water partition coefficient (Wildman–Crippen LogP) is 3.04. The van der Waals surface area contributed by atoms with E-state index in [1.165, 1.54) is 44.3 Å². The maximum absolute atomic E-state index is 3.85. The smallest absolute Gasteiger partial charge is 0.0234 e. The summed E-state index contributed by atoms with van der Waals surface area (Å²) >= 11 is 0. The number of hydrogen-bond donors (Lipinski definition) is 1. The quantitative estimate of drug-likeness (QED) is 0.873. The Hall–Kier alpha value is -0.860. The molecule has 0 aromatic heterocycles. The van der Waals surface area contributed by atoms with Crippen molar-refractivity contribution in [3.05, 3.63) is 35.9 Å². The van der Waals surface area contributed by atoms with E-state index in [9.17, 15) is 0 Å². The molecule has 2 aliphatic rings. The number of nitrogens with one attached hydrogen (secondary N) is 1. The van der Waals surface area contributed by atoms with E-state index in [1.807, 2.05) is 0 Å². The van der Waals surface area contributed by atoms with Crippen LogP contribution in [0.4, 0.5) is 0 Å². The molecule has 2 heteroatoms. The molecule has 1 aliphatic carbocycles. The van der Waals surface area contributed by atoms with Gasteiger partial charge >= 0.3 is 0 Å². The summed E-state index contributed by atoms with van der Waals surface area (Å²) in [7, 11) is 0. The van der Waals surface area contributed by atoms with Crippen LogP contribution in [0.2, 0.25) is 0 Å². The van der Waals surface area contributed by atoms with Crippen molar-refractivity contribution in [2.75, 3.05) is 13.1 Å². The van der Waals surface area contributed by atoms with E-state index < -0.39 is 0 Å². The largest absolute Gasteiger partial charge is 0.310 e. The number of nitrogens with zero attached hydrogens (tertiary/aromatic N) is 1. The van der Waals surface area contributed by atoms with Gasteiger partial charge in [0.15, 0.2) is 0 Å². The first-order valence-electron chi connectivity index (χ1n) is 7.83. The summed E-state index contributed by atoms with van der Waals surface area (Å²) in [4.78, 5) is 2.61. The molecule has 2 fully saturated rings. The third-order valence-corrected chi connectivity index (χ3v) is 4.58. The van der Waals surface area contributed by atoms with Crippen molar-refractivity contribution in [3.63, 3.8) is 0 Å². The Balaban J connectivity index is 1.50. The zero-order valence-electron chi connectivity index (χ0n) is 12.0. The van der Waals surface area contributed by atoms with E-state index in [-0.39, 0.29) is 0 Å². The van der Waals surface area contributed by atoms with Crippen molar-refractivity contribution in [3.8, 4) is 0 Å². The van der Waals surface area contributed by atoms with Crippen LogP contribution < -0.4 is 5.32 Å². The van der Waals surface area contributed by atoms with Crippen molar-refractivity contribution in [1.29, 1.82) is 0 Å². The molecule has 2 unspecified atom stereocenters. The maximum Gasteiger partial charge on any atom is 0.0234 e. The number of likely N-dealkylation sites (tertiary alicyclic amines) is 1. The monoisotopic (exact) mass is 258 g/mol. The molecular weight excluding hydrogens is 232 g/mol. The topological polar surface area (TPSA) is 15.3 Å². The van der Waals surface area contributed by atoms with Crippen LogP contribution in [0, 0.1) is 5.92 Å². The fraction of sp³-hybridized carbons (Fsp3) is 0.647. The van der Waals surface area contributed by atoms with Gasteiger partial charge in [0.1, 0.15) is 0 Å². The lowest BCUT2D eigenvalue weighted by Gasteiger charge is -2.35. The summed E-state index contributed by atoms with van der Waals surface area (Å²) in [5.41, 5.74) is 1.44. The second-order valence-corrected chi connectivity index (χ2v) is 6.35. The lowest BCUT2D eigenvalue weighted by molar-refractivity contribution is 0.174. The van der Waals surface area contributed by atoms with Crippen LogP contribution in [-0.4, -0.2) is 30.1 Å². The molecule has 2 nitrogen and oxygen atoms in total. The predicted molar refractivity (Wildman–Crippen MR) is 80.1 cm³/mol. The lowest BCUT2D eigenvalue weighted by Crippen LogP contribution is -2.48. The highest BCUT2D eigenvalue weighted by Crippen LogP contribution is 2.32. The summed E-state index contributed by atoms with van der Waals surface area (Å²) in [5.74, 6) is 0.962. The van der Waals surface area contributed by atoms with E-state index >= 15 is 0 Å². The van der Waals surface area contributed by atoms with Gasteiger partial charge in [-0.25, -0.2) is 0 Å². The zero-order valence-corrected chi connectivity index (χ0v) is 12.0. The molecule has 2 atom stereocenters. The minimum atomic E-state index is 0.702. The van der Waals surface area contributed by atoms with Crippen LogP contribution in [0.5, 0.6) is 0 Å². The van der Waals surface area contributed by atoms with E-state index in [4.69, 9.17) is 0 Å². The normalized spacial score (nSPS) is 26.3. The van der Waals surface area contributed by atoms with Crippen molar-refractivity contribution >= 4 is 0 Å². The number of hydrogen-bond acceptors (Lipinski definition) is 2. The Labute approximate surface area is 117 Å². The number of piperidine rings is 1. The fourth-order valence-corrected chi connectivity index (χ4v) is 3.28. The Morgan fingerprint density at radius 1 is 1.21 bits per heavy atom. The molecule has 1 aliphatic heterocycles. The van der Waals surface area contributed by atoms with Gasteiger partial charge in [-0.2, -0.15) is 0 Å². The van der Waals surface area contributed by atoms with Gasteiger partial charge in [0, 0.05) is 25.2 Å². The maximum atomic E-state index is 3.85. The summed E-state index contributed by atoms with van der Waals surface area (Å²) in [5, 5.41) is 3.85. The highest BCUT2D eigenvalue weighted by Gasteiger charge is 2.30. The van der Waals surface area contributed by atoms with Gasteiger partial charge in [-0.1, -0.05) is 30.3 Å². The van der Waals surface area contributed by atoms with E-state index in [0.717, 1.165) is 18.5 Å². The molecule has 0 bridgehead atoms. The van der Waals surface area contributed by atoms with Gasteiger partial charge in [0.25, 0.3) is 0 Å². The minimum Gasteiger partial charge on any atom is -0.310 e. The van der Waals surface area contributed by atoms with Gasteiger partial charge in [0.2, 0.25) is 0 Å². The first-order chi connectivity index (χ1) is 9.31. The SMILES string of the molecule is CC(NC1CCCN(Cc2ccccc2)C1)C1CC1. The van der Waals surface area contributed by atoms with Crippen molar-refractivity contribution in [2.45, 2.75) is 51.2 Å². The molecule has 1 aromatic rings. The standard InChI is InChI=1S/C17H26N2/c1-14(16-9-10-16)18-17-8-5-11-19(13-17)12-15-6-3-2-4-7-15/h2-4,6-7,14,16-18H,5,8-13H2,1H3.